The number of halogens is 1. The molecule has 1 rings (SSSR count). The zero-order chi connectivity index (χ0) is 4.41. The van der Waals surface area contributed by atoms with Crippen molar-refractivity contribution < 1.29 is 0 Å². The molecule has 0 atom stereocenters. The molecule has 0 aromatic carbocycles. The van der Waals surface area contributed by atoms with E-state index in [1.807, 2.05) is 0 Å². The molecule has 2 N–H and O–H groups in total. The van der Waals surface area contributed by atoms with E-state index < -0.39 is 0 Å². The Morgan fingerprint density at radius 1 is 1.14 bits per heavy atom. The summed E-state index contributed by atoms with van der Waals surface area (Å²) in [5.74, 6) is 0. The summed E-state index contributed by atoms with van der Waals surface area (Å²) < 4.78 is 0. The van der Waals surface area contributed by atoms with Crippen LogP contribution in [0.1, 0.15) is 25.7 Å². The molecule has 0 amide bonds. The molecular weight excluding hydrogens is 154 g/mol. The number of hydrogen-bond acceptors (Lipinski definition) is 1. The van der Waals surface area contributed by atoms with Gasteiger partial charge >= 0.3 is 0 Å². The van der Waals surface area contributed by atoms with Crippen molar-refractivity contribution in [3.63, 3.8) is 0 Å². The summed E-state index contributed by atoms with van der Waals surface area (Å²) >= 11 is 0. The number of hydrogen-bond donors (Lipinski definition) is 1. The lowest BCUT2D eigenvalue weighted by Gasteiger charge is -1.92. The third-order valence-electron chi connectivity index (χ3n) is 1.40. The molecule has 44 valence electrons. The van der Waals surface area contributed by atoms with Gasteiger partial charge in [0, 0.05) is 6.04 Å². The predicted molar refractivity (Wildman–Crippen MR) is 36.8 cm³/mol. The van der Waals surface area contributed by atoms with E-state index in [1.165, 1.54) is 25.7 Å². The topological polar surface area (TPSA) is 26.0 Å². The standard InChI is InChI=1S/C5H11N.BrH/c6-5-3-1-2-4-5;/h5H,1-4,6H2;1H. The van der Waals surface area contributed by atoms with Gasteiger partial charge in [0.1, 0.15) is 0 Å². The van der Waals surface area contributed by atoms with Gasteiger partial charge in [0.15, 0.2) is 0 Å². The third kappa shape index (κ3) is 2.29. The highest BCUT2D eigenvalue weighted by Gasteiger charge is 2.07. The van der Waals surface area contributed by atoms with Crippen molar-refractivity contribution in [1.29, 1.82) is 0 Å². The molecule has 0 unspecified atom stereocenters. The first-order valence-electron chi connectivity index (χ1n) is 2.65. The molecule has 0 bridgehead atoms. The Bertz CT molecular complexity index is 41.3. The summed E-state index contributed by atoms with van der Waals surface area (Å²) in [6, 6.07) is 0.546. The molecular formula is C5H12BrN. The van der Waals surface area contributed by atoms with Gasteiger partial charge < -0.3 is 5.73 Å². The minimum Gasteiger partial charge on any atom is -0.328 e. The van der Waals surface area contributed by atoms with Crippen molar-refractivity contribution in [3.05, 3.63) is 0 Å². The van der Waals surface area contributed by atoms with Crippen molar-refractivity contribution in [3.8, 4) is 0 Å². The second-order valence-corrected chi connectivity index (χ2v) is 2.04. The first kappa shape index (κ1) is 7.44. The van der Waals surface area contributed by atoms with Crippen LogP contribution in [0.3, 0.4) is 0 Å². The number of rotatable bonds is 0. The van der Waals surface area contributed by atoms with Gasteiger partial charge in [0.2, 0.25) is 0 Å². The van der Waals surface area contributed by atoms with Gasteiger partial charge in [-0.1, -0.05) is 12.8 Å². The summed E-state index contributed by atoms with van der Waals surface area (Å²) in [5.41, 5.74) is 5.53. The van der Waals surface area contributed by atoms with Crippen LogP contribution >= 0.6 is 17.0 Å². The van der Waals surface area contributed by atoms with E-state index in [-0.39, 0.29) is 17.0 Å². The van der Waals surface area contributed by atoms with E-state index in [4.69, 9.17) is 5.73 Å². The lowest BCUT2D eigenvalue weighted by molar-refractivity contribution is 0.704. The van der Waals surface area contributed by atoms with Crippen LogP contribution in [0.2, 0.25) is 0 Å². The minimum atomic E-state index is 0. The molecule has 1 aliphatic carbocycles. The van der Waals surface area contributed by atoms with Gasteiger partial charge in [-0.15, -0.1) is 17.0 Å². The average Bonchev–Trinajstić information content (AvgIpc) is 1.86. The summed E-state index contributed by atoms with van der Waals surface area (Å²) in [5, 5.41) is 0. The van der Waals surface area contributed by atoms with Crippen LogP contribution in [0.15, 0.2) is 0 Å². The summed E-state index contributed by atoms with van der Waals surface area (Å²) in [6.07, 6.45) is 5.25. The van der Waals surface area contributed by atoms with Crippen LogP contribution in [0, 0.1) is 0 Å². The fourth-order valence-corrected chi connectivity index (χ4v) is 0.957. The maximum atomic E-state index is 5.53. The maximum Gasteiger partial charge on any atom is 0.00388 e. The maximum absolute atomic E-state index is 5.53. The monoisotopic (exact) mass is 165 g/mol. The molecule has 1 fully saturated rings. The van der Waals surface area contributed by atoms with Crippen molar-refractivity contribution in [2.75, 3.05) is 0 Å². The summed E-state index contributed by atoms with van der Waals surface area (Å²) in [4.78, 5) is 0. The predicted octanol–water partition coefficient (Wildman–Crippen LogP) is 1.47. The average molecular weight is 166 g/mol. The normalized spacial score (nSPS) is 21.9. The van der Waals surface area contributed by atoms with Crippen LogP contribution in [-0.2, 0) is 0 Å². The van der Waals surface area contributed by atoms with Gasteiger partial charge in [0.25, 0.3) is 0 Å². The zero-order valence-corrected chi connectivity index (χ0v) is 6.10. The zero-order valence-electron chi connectivity index (χ0n) is 4.39. The SMILES string of the molecule is Br.NC1CCCC1. The highest BCUT2D eigenvalue weighted by molar-refractivity contribution is 8.93. The van der Waals surface area contributed by atoms with Crippen molar-refractivity contribution >= 4 is 17.0 Å². The molecule has 0 aromatic rings. The highest BCUT2D eigenvalue weighted by Crippen LogP contribution is 2.14. The summed E-state index contributed by atoms with van der Waals surface area (Å²) in [7, 11) is 0. The van der Waals surface area contributed by atoms with Crippen LogP contribution < -0.4 is 5.73 Å². The van der Waals surface area contributed by atoms with E-state index in [0.717, 1.165) is 0 Å². The largest absolute Gasteiger partial charge is 0.328 e. The van der Waals surface area contributed by atoms with Crippen LogP contribution in [0.4, 0.5) is 0 Å². The van der Waals surface area contributed by atoms with E-state index in [2.05, 4.69) is 0 Å². The Hall–Kier alpha value is 0.440. The summed E-state index contributed by atoms with van der Waals surface area (Å²) in [6.45, 7) is 0. The Morgan fingerprint density at radius 3 is 1.71 bits per heavy atom. The van der Waals surface area contributed by atoms with Crippen molar-refractivity contribution in [2.24, 2.45) is 5.73 Å². The molecule has 0 aliphatic heterocycles. The molecule has 0 saturated heterocycles. The van der Waals surface area contributed by atoms with Crippen LogP contribution in [0.5, 0.6) is 0 Å². The molecule has 0 spiro atoms. The van der Waals surface area contributed by atoms with Crippen molar-refractivity contribution in [2.45, 2.75) is 31.7 Å². The molecule has 0 heterocycles. The Balaban J connectivity index is 0.000000360. The molecule has 1 saturated carbocycles. The van der Waals surface area contributed by atoms with Gasteiger partial charge in [0.05, 0.1) is 0 Å². The molecule has 0 radical (unpaired) electrons. The van der Waals surface area contributed by atoms with E-state index in [1.54, 1.807) is 0 Å². The molecule has 2 heteroatoms. The fourth-order valence-electron chi connectivity index (χ4n) is 0.957. The molecule has 1 aliphatic rings. The Morgan fingerprint density at radius 2 is 1.57 bits per heavy atom. The first-order valence-corrected chi connectivity index (χ1v) is 2.65. The first-order chi connectivity index (χ1) is 2.89. The number of nitrogens with two attached hydrogens (primary N) is 1. The second-order valence-electron chi connectivity index (χ2n) is 2.04. The molecule has 1 nitrogen and oxygen atoms in total. The lowest BCUT2D eigenvalue weighted by Crippen LogP contribution is -2.13. The highest BCUT2D eigenvalue weighted by atomic mass is 79.9. The van der Waals surface area contributed by atoms with Gasteiger partial charge in [-0.25, -0.2) is 0 Å². The van der Waals surface area contributed by atoms with Gasteiger partial charge in [-0.05, 0) is 12.8 Å². The second kappa shape index (κ2) is 3.44. The van der Waals surface area contributed by atoms with E-state index >= 15 is 0 Å². The van der Waals surface area contributed by atoms with Crippen LogP contribution in [0.25, 0.3) is 0 Å². The van der Waals surface area contributed by atoms with Gasteiger partial charge in [-0.3, -0.25) is 0 Å². The smallest absolute Gasteiger partial charge is 0.00388 e. The van der Waals surface area contributed by atoms with E-state index in [0.29, 0.717) is 6.04 Å². The van der Waals surface area contributed by atoms with E-state index in [9.17, 15) is 0 Å². The lowest BCUT2D eigenvalue weighted by atomic mass is 10.3. The quantitative estimate of drug-likeness (QED) is 0.579. The van der Waals surface area contributed by atoms with Gasteiger partial charge in [-0.2, -0.15) is 0 Å². The Kier molecular flexibility index (Phi) is 3.66. The Labute approximate surface area is 55.0 Å². The third-order valence-corrected chi connectivity index (χ3v) is 1.40. The fraction of sp³-hybridized carbons (Fsp3) is 1.00. The van der Waals surface area contributed by atoms with Crippen LogP contribution in [-0.4, -0.2) is 6.04 Å². The minimum absolute atomic E-state index is 0. The van der Waals surface area contributed by atoms with Crippen molar-refractivity contribution in [1.82, 2.24) is 0 Å². The molecule has 7 heavy (non-hydrogen) atoms. The molecule has 0 aromatic heterocycles.